The lowest BCUT2D eigenvalue weighted by Crippen LogP contribution is -1.77. The van der Waals surface area contributed by atoms with Crippen molar-refractivity contribution in [3.05, 3.63) is 84.5 Å². The van der Waals surface area contributed by atoms with E-state index >= 15 is 0 Å². The van der Waals surface area contributed by atoms with Crippen LogP contribution >= 0.6 is 0 Å². The summed E-state index contributed by atoms with van der Waals surface area (Å²) < 4.78 is 0. The van der Waals surface area contributed by atoms with Gasteiger partial charge in [-0.2, -0.15) is 0 Å². The first-order valence-electron chi connectivity index (χ1n) is 6.64. The Morgan fingerprint density at radius 1 is 0.619 bits per heavy atom. The molecule has 4 heteroatoms. The van der Waals surface area contributed by atoms with Crippen LogP contribution in [0.1, 0.15) is 16.8 Å². The Hall–Kier alpha value is -2.62. The van der Waals surface area contributed by atoms with Crippen molar-refractivity contribution in [2.24, 2.45) is 0 Å². The van der Waals surface area contributed by atoms with Crippen molar-refractivity contribution < 1.29 is 0 Å². The van der Waals surface area contributed by atoms with Crippen molar-refractivity contribution in [3.8, 4) is 0 Å². The van der Waals surface area contributed by atoms with Gasteiger partial charge in [0.2, 0.25) is 0 Å². The molecule has 3 aromatic heterocycles. The average molecular weight is 280 g/mol. The first kappa shape index (κ1) is 16.4. The number of hydrogen-bond donors (Lipinski definition) is 0. The second-order valence-corrected chi connectivity index (χ2v) is 4.40. The monoisotopic (exact) mass is 280 g/mol. The predicted octanol–water partition coefficient (Wildman–Crippen LogP) is 3.57. The zero-order valence-corrected chi connectivity index (χ0v) is 12.6. The Kier molecular flexibility index (Phi) is 7.98. The van der Waals surface area contributed by atoms with Gasteiger partial charge in [0.25, 0.3) is 0 Å². The van der Waals surface area contributed by atoms with Gasteiger partial charge in [0, 0.05) is 43.4 Å². The van der Waals surface area contributed by atoms with E-state index in [4.69, 9.17) is 0 Å². The van der Waals surface area contributed by atoms with Crippen molar-refractivity contribution in [3.63, 3.8) is 0 Å². The minimum Gasteiger partial charge on any atom is -0.265 e. The predicted molar refractivity (Wildman–Crippen MR) is 84.7 cm³/mol. The average Bonchev–Trinajstić information content (AvgIpc) is 2.51. The van der Waals surface area contributed by atoms with E-state index in [1.165, 1.54) is 11.1 Å². The van der Waals surface area contributed by atoms with Crippen molar-refractivity contribution >= 4 is 0 Å². The van der Waals surface area contributed by atoms with E-state index < -0.39 is 0 Å². The minimum atomic E-state index is 0.961. The summed E-state index contributed by atoms with van der Waals surface area (Å²) in [6.07, 6.45) is 12.2. The SMILES string of the molecule is Cc1cccnc1.Cc1ccncc1.Cc1cnccn1. The second kappa shape index (κ2) is 10.2. The molecule has 0 N–H and O–H groups in total. The van der Waals surface area contributed by atoms with Crippen LogP contribution in [0.2, 0.25) is 0 Å². The normalized spacial score (nSPS) is 8.71. The third-order valence-electron chi connectivity index (χ3n) is 2.35. The van der Waals surface area contributed by atoms with Crippen LogP contribution in [0, 0.1) is 20.8 Å². The highest BCUT2D eigenvalue weighted by molar-refractivity contribution is 5.05. The van der Waals surface area contributed by atoms with Gasteiger partial charge < -0.3 is 0 Å². The summed E-state index contributed by atoms with van der Waals surface area (Å²) >= 11 is 0. The zero-order chi connectivity index (χ0) is 15.3. The van der Waals surface area contributed by atoms with E-state index in [1.807, 2.05) is 51.2 Å². The zero-order valence-electron chi connectivity index (χ0n) is 12.6. The molecule has 0 aromatic carbocycles. The molecule has 0 saturated carbocycles. The maximum atomic E-state index is 3.92. The van der Waals surface area contributed by atoms with E-state index in [9.17, 15) is 0 Å². The lowest BCUT2D eigenvalue weighted by Gasteiger charge is -1.82. The molecule has 108 valence electrons. The Morgan fingerprint density at radius 3 is 1.62 bits per heavy atom. The minimum absolute atomic E-state index is 0.961. The molecule has 3 rings (SSSR count). The number of aromatic nitrogens is 4. The highest BCUT2D eigenvalue weighted by Gasteiger charge is 1.75. The Balaban J connectivity index is 0.000000157. The number of nitrogens with zero attached hydrogens (tertiary/aromatic N) is 4. The van der Waals surface area contributed by atoms with E-state index in [-0.39, 0.29) is 0 Å². The molecule has 0 unspecified atom stereocenters. The first-order chi connectivity index (χ1) is 10.2. The summed E-state index contributed by atoms with van der Waals surface area (Å²) in [5.41, 5.74) is 3.43. The third-order valence-corrected chi connectivity index (χ3v) is 2.35. The fourth-order valence-electron chi connectivity index (χ4n) is 1.25. The largest absolute Gasteiger partial charge is 0.265 e. The molecule has 0 aliphatic carbocycles. The van der Waals surface area contributed by atoms with Crippen LogP contribution in [0.15, 0.2) is 67.6 Å². The summed E-state index contributed by atoms with van der Waals surface area (Å²) in [6.45, 7) is 5.97. The standard InChI is InChI=1S/2C6H7N.C5H6N2/c1-6-2-4-7-5-3-6;1-6-3-2-4-7-5-6;1-5-4-6-2-3-7-5/h2*2-5H,1H3;2-4H,1H3. The van der Waals surface area contributed by atoms with Gasteiger partial charge in [-0.1, -0.05) is 6.07 Å². The number of rotatable bonds is 0. The van der Waals surface area contributed by atoms with Gasteiger partial charge in [-0.25, -0.2) is 0 Å². The molecule has 0 bridgehead atoms. The molecule has 0 fully saturated rings. The van der Waals surface area contributed by atoms with Crippen LogP contribution in [-0.2, 0) is 0 Å². The molecule has 21 heavy (non-hydrogen) atoms. The molecule has 0 aliphatic heterocycles. The molecule has 0 spiro atoms. The van der Waals surface area contributed by atoms with E-state index in [1.54, 1.807) is 37.2 Å². The van der Waals surface area contributed by atoms with E-state index in [0.717, 1.165) is 5.69 Å². The Morgan fingerprint density at radius 2 is 1.33 bits per heavy atom. The smallest absolute Gasteiger partial charge is 0.0555 e. The molecular formula is C17H20N4. The summed E-state index contributed by atoms with van der Waals surface area (Å²) in [7, 11) is 0. The highest BCUT2D eigenvalue weighted by Crippen LogP contribution is 1.89. The molecule has 0 atom stereocenters. The molecule has 4 nitrogen and oxygen atoms in total. The van der Waals surface area contributed by atoms with Gasteiger partial charge in [-0.3, -0.25) is 19.9 Å². The van der Waals surface area contributed by atoms with Crippen LogP contribution in [0.5, 0.6) is 0 Å². The second-order valence-electron chi connectivity index (χ2n) is 4.40. The van der Waals surface area contributed by atoms with Crippen LogP contribution in [0.4, 0.5) is 0 Å². The maximum Gasteiger partial charge on any atom is 0.0555 e. The van der Waals surface area contributed by atoms with Gasteiger partial charge >= 0.3 is 0 Å². The number of pyridine rings is 2. The molecule has 0 amide bonds. The van der Waals surface area contributed by atoms with Crippen molar-refractivity contribution in [1.82, 2.24) is 19.9 Å². The molecule has 0 aliphatic rings. The van der Waals surface area contributed by atoms with Crippen molar-refractivity contribution in [2.45, 2.75) is 20.8 Å². The van der Waals surface area contributed by atoms with Crippen LogP contribution in [0.3, 0.4) is 0 Å². The van der Waals surface area contributed by atoms with Gasteiger partial charge in [0.05, 0.1) is 5.69 Å². The molecule has 0 radical (unpaired) electrons. The van der Waals surface area contributed by atoms with Gasteiger partial charge in [-0.15, -0.1) is 0 Å². The fraction of sp³-hybridized carbons (Fsp3) is 0.176. The first-order valence-corrected chi connectivity index (χ1v) is 6.64. The summed E-state index contributed by atoms with van der Waals surface area (Å²) in [5, 5.41) is 0. The third kappa shape index (κ3) is 8.99. The number of hydrogen-bond acceptors (Lipinski definition) is 4. The highest BCUT2D eigenvalue weighted by atomic mass is 14.7. The summed E-state index contributed by atoms with van der Waals surface area (Å²) in [4.78, 5) is 15.5. The van der Waals surface area contributed by atoms with Crippen molar-refractivity contribution in [1.29, 1.82) is 0 Å². The van der Waals surface area contributed by atoms with Crippen LogP contribution < -0.4 is 0 Å². The van der Waals surface area contributed by atoms with Gasteiger partial charge in [0.15, 0.2) is 0 Å². The van der Waals surface area contributed by atoms with Gasteiger partial charge in [0.1, 0.15) is 0 Å². The molecule has 0 saturated heterocycles. The summed E-state index contributed by atoms with van der Waals surface area (Å²) in [5.74, 6) is 0. The summed E-state index contributed by atoms with van der Waals surface area (Å²) in [6, 6.07) is 7.89. The number of aryl methyl sites for hydroxylation is 3. The molecule has 3 aromatic rings. The molecular weight excluding hydrogens is 260 g/mol. The van der Waals surface area contributed by atoms with Crippen LogP contribution in [0.25, 0.3) is 0 Å². The lowest BCUT2D eigenvalue weighted by atomic mass is 10.3. The topological polar surface area (TPSA) is 51.6 Å². The quantitative estimate of drug-likeness (QED) is 0.631. The van der Waals surface area contributed by atoms with E-state index in [0.29, 0.717) is 0 Å². The Bertz CT molecular complexity index is 494. The lowest BCUT2D eigenvalue weighted by molar-refractivity contribution is 1.12. The van der Waals surface area contributed by atoms with Crippen LogP contribution in [-0.4, -0.2) is 19.9 Å². The van der Waals surface area contributed by atoms with Gasteiger partial charge in [-0.05, 0) is 50.1 Å². The van der Waals surface area contributed by atoms with E-state index in [2.05, 4.69) is 19.9 Å². The van der Waals surface area contributed by atoms with Crippen molar-refractivity contribution in [2.75, 3.05) is 0 Å². The molecule has 3 heterocycles. The maximum absolute atomic E-state index is 3.92. The fourth-order valence-corrected chi connectivity index (χ4v) is 1.25. The Labute approximate surface area is 126 Å².